The molecule has 3 nitrogen and oxygen atoms in total. The average Bonchev–Trinajstić information content (AvgIpc) is 2.72. The molecule has 1 heterocycles. The van der Waals surface area contributed by atoms with Gasteiger partial charge in [0.15, 0.2) is 5.78 Å². The largest absolute Gasteiger partial charge is 0.295 e. The molecule has 0 aliphatic heterocycles. The summed E-state index contributed by atoms with van der Waals surface area (Å²) in [4.78, 5) is 12.5. The maximum absolute atomic E-state index is 11.4. The smallest absolute Gasteiger partial charge is 0.159 e. The predicted octanol–water partition coefficient (Wildman–Crippen LogP) is 4.36. The molecule has 0 N–H and O–H groups in total. The lowest BCUT2D eigenvalue weighted by atomic mass is 10.2. The van der Waals surface area contributed by atoms with E-state index in [1.54, 1.807) is 18.7 Å². The molecule has 0 saturated carbocycles. The topological polar surface area (TPSA) is 34.9 Å². The van der Waals surface area contributed by atoms with Crippen molar-refractivity contribution < 1.29 is 4.79 Å². The van der Waals surface area contributed by atoms with Gasteiger partial charge in [0.2, 0.25) is 0 Å². The Morgan fingerprint density at radius 2 is 2.20 bits per heavy atom. The van der Waals surface area contributed by atoms with Crippen molar-refractivity contribution in [3.63, 3.8) is 0 Å². The molecular weight excluding hydrogens is 292 g/mol. The van der Waals surface area contributed by atoms with Crippen LogP contribution in [0.25, 0.3) is 0 Å². The van der Waals surface area contributed by atoms with Crippen molar-refractivity contribution in [2.24, 2.45) is 0 Å². The van der Waals surface area contributed by atoms with Crippen LogP contribution in [-0.2, 0) is 12.3 Å². The molecular formula is C15H17ClN2OS. The standard InChI is InChI=1S/C15H17ClN2OS/c1-4-18-14(15(16)10(2)17-18)9-20-13-7-5-6-12(8-13)11(3)19/h5-8H,4,9H2,1-3H3. The summed E-state index contributed by atoms with van der Waals surface area (Å²) < 4.78 is 1.93. The van der Waals surface area contributed by atoms with E-state index in [0.29, 0.717) is 0 Å². The number of rotatable bonds is 5. The minimum Gasteiger partial charge on any atom is -0.295 e. The minimum atomic E-state index is 0.0833. The van der Waals surface area contributed by atoms with Gasteiger partial charge in [0, 0.05) is 22.8 Å². The van der Waals surface area contributed by atoms with Crippen LogP contribution < -0.4 is 0 Å². The second kappa shape index (κ2) is 6.46. The quantitative estimate of drug-likeness (QED) is 0.608. The van der Waals surface area contributed by atoms with E-state index in [1.807, 2.05) is 42.8 Å². The number of halogens is 1. The lowest BCUT2D eigenvalue weighted by Crippen LogP contribution is -2.01. The van der Waals surface area contributed by atoms with Gasteiger partial charge in [0.25, 0.3) is 0 Å². The van der Waals surface area contributed by atoms with Gasteiger partial charge >= 0.3 is 0 Å². The van der Waals surface area contributed by atoms with Crippen LogP contribution in [0.3, 0.4) is 0 Å². The van der Waals surface area contributed by atoms with Crippen LogP contribution in [0.4, 0.5) is 0 Å². The zero-order valence-corrected chi connectivity index (χ0v) is 13.4. The fourth-order valence-corrected chi connectivity index (χ4v) is 3.23. The first-order valence-corrected chi connectivity index (χ1v) is 7.84. The Labute approximate surface area is 128 Å². The van der Waals surface area contributed by atoms with Crippen LogP contribution in [-0.4, -0.2) is 15.6 Å². The van der Waals surface area contributed by atoms with E-state index >= 15 is 0 Å². The van der Waals surface area contributed by atoms with Crippen molar-refractivity contribution >= 4 is 29.1 Å². The van der Waals surface area contributed by atoms with Crippen LogP contribution in [0.2, 0.25) is 5.02 Å². The van der Waals surface area contributed by atoms with Crippen molar-refractivity contribution in [2.75, 3.05) is 0 Å². The molecule has 106 valence electrons. The molecule has 0 radical (unpaired) electrons. The number of benzene rings is 1. The average molecular weight is 309 g/mol. The summed E-state index contributed by atoms with van der Waals surface area (Å²) in [6.07, 6.45) is 0. The summed E-state index contributed by atoms with van der Waals surface area (Å²) in [5.41, 5.74) is 2.63. The molecule has 1 aromatic carbocycles. The Bertz CT molecular complexity index is 637. The molecule has 1 aromatic heterocycles. The number of aryl methyl sites for hydroxylation is 2. The first-order valence-electron chi connectivity index (χ1n) is 6.48. The highest BCUT2D eigenvalue weighted by atomic mass is 35.5. The third kappa shape index (κ3) is 3.25. The van der Waals surface area contributed by atoms with E-state index in [-0.39, 0.29) is 5.78 Å². The monoisotopic (exact) mass is 308 g/mol. The van der Waals surface area contributed by atoms with Crippen LogP contribution >= 0.6 is 23.4 Å². The molecule has 0 aliphatic carbocycles. The van der Waals surface area contributed by atoms with Crippen molar-refractivity contribution in [1.29, 1.82) is 0 Å². The van der Waals surface area contributed by atoms with Crippen LogP contribution in [0.1, 0.15) is 35.6 Å². The number of thioether (sulfide) groups is 1. The summed E-state index contributed by atoms with van der Waals surface area (Å²) in [7, 11) is 0. The van der Waals surface area contributed by atoms with Gasteiger partial charge in [-0.05, 0) is 32.9 Å². The second-order valence-corrected chi connectivity index (χ2v) is 5.96. The predicted molar refractivity (Wildman–Crippen MR) is 83.7 cm³/mol. The molecule has 2 aromatic rings. The van der Waals surface area contributed by atoms with Gasteiger partial charge in [-0.3, -0.25) is 9.48 Å². The Balaban J connectivity index is 2.16. The highest BCUT2D eigenvalue weighted by Crippen LogP contribution is 2.29. The van der Waals surface area contributed by atoms with Gasteiger partial charge in [-0.2, -0.15) is 5.10 Å². The third-order valence-corrected chi connectivity index (χ3v) is 4.57. The van der Waals surface area contributed by atoms with Gasteiger partial charge < -0.3 is 0 Å². The number of aromatic nitrogens is 2. The molecule has 2 rings (SSSR count). The lowest BCUT2D eigenvalue weighted by Gasteiger charge is -2.06. The van der Waals surface area contributed by atoms with Crippen molar-refractivity contribution in [3.05, 3.63) is 46.2 Å². The fraction of sp³-hybridized carbons (Fsp3) is 0.333. The number of ketones is 1. The summed E-state index contributed by atoms with van der Waals surface area (Å²) in [6, 6.07) is 7.66. The van der Waals surface area contributed by atoms with E-state index in [1.165, 1.54) is 0 Å². The third-order valence-electron chi connectivity index (χ3n) is 3.07. The molecule has 5 heteroatoms. The van der Waals surface area contributed by atoms with Gasteiger partial charge in [-0.1, -0.05) is 23.7 Å². The Morgan fingerprint density at radius 1 is 1.45 bits per heavy atom. The first-order chi connectivity index (χ1) is 9.52. The van der Waals surface area contributed by atoms with Crippen LogP contribution in [0.15, 0.2) is 29.2 Å². The molecule has 0 amide bonds. The lowest BCUT2D eigenvalue weighted by molar-refractivity contribution is 0.101. The van der Waals surface area contributed by atoms with Crippen molar-refractivity contribution in [2.45, 2.75) is 38.0 Å². The minimum absolute atomic E-state index is 0.0833. The van der Waals surface area contributed by atoms with Gasteiger partial charge in [-0.15, -0.1) is 11.8 Å². The van der Waals surface area contributed by atoms with Gasteiger partial charge in [0.1, 0.15) is 0 Å². The molecule has 0 aliphatic rings. The fourth-order valence-electron chi connectivity index (χ4n) is 1.96. The Morgan fingerprint density at radius 3 is 2.85 bits per heavy atom. The van der Waals surface area contributed by atoms with Crippen LogP contribution in [0, 0.1) is 6.92 Å². The molecule has 0 atom stereocenters. The summed E-state index contributed by atoms with van der Waals surface area (Å²) >= 11 is 7.95. The maximum Gasteiger partial charge on any atom is 0.159 e. The Hall–Kier alpha value is -1.26. The molecule has 20 heavy (non-hydrogen) atoms. The van der Waals surface area contributed by atoms with Gasteiger partial charge in [0.05, 0.1) is 16.4 Å². The molecule has 0 bridgehead atoms. The van der Waals surface area contributed by atoms with Crippen molar-refractivity contribution in [1.82, 2.24) is 9.78 Å². The van der Waals surface area contributed by atoms with E-state index in [9.17, 15) is 4.79 Å². The van der Waals surface area contributed by atoms with Crippen LogP contribution in [0.5, 0.6) is 0 Å². The maximum atomic E-state index is 11.4. The number of hydrogen-bond donors (Lipinski definition) is 0. The second-order valence-electron chi connectivity index (χ2n) is 4.53. The number of carbonyl (C=O) groups excluding carboxylic acids is 1. The molecule has 0 unspecified atom stereocenters. The summed E-state index contributed by atoms with van der Waals surface area (Å²) in [5.74, 6) is 0.828. The number of Topliss-reactive ketones (excluding diaryl/α,β-unsaturated/α-hetero) is 1. The number of hydrogen-bond acceptors (Lipinski definition) is 3. The first kappa shape index (κ1) is 15.1. The number of nitrogens with zero attached hydrogens (tertiary/aromatic N) is 2. The molecule has 0 fully saturated rings. The van der Waals surface area contributed by atoms with Gasteiger partial charge in [-0.25, -0.2) is 0 Å². The SMILES string of the molecule is CCn1nc(C)c(Cl)c1CSc1cccc(C(C)=O)c1. The van der Waals surface area contributed by atoms with E-state index < -0.39 is 0 Å². The van der Waals surface area contributed by atoms with Crippen molar-refractivity contribution in [3.8, 4) is 0 Å². The highest BCUT2D eigenvalue weighted by molar-refractivity contribution is 7.98. The van der Waals surface area contributed by atoms with E-state index in [0.717, 1.165) is 39.2 Å². The zero-order chi connectivity index (χ0) is 14.7. The zero-order valence-electron chi connectivity index (χ0n) is 11.8. The highest BCUT2D eigenvalue weighted by Gasteiger charge is 2.12. The van der Waals surface area contributed by atoms with E-state index in [4.69, 9.17) is 11.6 Å². The number of carbonyl (C=O) groups is 1. The summed E-state index contributed by atoms with van der Waals surface area (Å²) in [5, 5.41) is 5.14. The molecule has 0 spiro atoms. The normalized spacial score (nSPS) is 10.8. The molecule has 0 saturated heterocycles. The Kier molecular flexibility index (Phi) is 4.89. The summed E-state index contributed by atoms with van der Waals surface area (Å²) in [6.45, 7) is 6.35. The van der Waals surface area contributed by atoms with E-state index in [2.05, 4.69) is 5.10 Å².